The molecular weight excluding hydrogens is 388 g/mol. The Balaban J connectivity index is 1.84. The van der Waals surface area contributed by atoms with Crippen LogP contribution in [0.1, 0.15) is 23.4 Å². The van der Waals surface area contributed by atoms with Crippen LogP contribution in [0.25, 0.3) is 16.6 Å². The lowest BCUT2D eigenvalue weighted by molar-refractivity contribution is -0.152. The second-order valence-corrected chi connectivity index (χ2v) is 6.92. The predicted molar refractivity (Wildman–Crippen MR) is 109 cm³/mol. The van der Waals surface area contributed by atoms with Crippen molar-refractivity contribution in [3.63, 3.8) is 0 Å². The minimum Gasteiger partial charge on any atom is -0.468 e. The lowest BCUT2D eigenvalue weighted by Gasteiger charge is -2.20. The fourth-order valence-electron chi connectivity index (χ4n) is 3.40. The molecule has 2 heterocycles. The highest BCUT2D eigenvalue weighted by Gasteiger charge is 2.22. The fourth-order valence-corrected chi connectivity index (χ4v) is 3.40. The van der Waals surface area contributed by atoms with Gasteiger partial charge in [0.1, 0.15) is 13.1 Å². The molecule has 30 heavy (non-hydrogen) atoms. The molecule has 0 atom stereocenters. The lowest BCUT2D eigenvalue weighted by Crippen LogP contribution is -2.40. The van der Waals surface area contributed by atoms with Crippen molar-refractivity contribution in [2.75, 3.05) is 27.3 Å². The zero-order valence-corrected chi connectivity index (χ0v) is 17.5. The van der Waals surface area contributed by atoms with E-state index in [2.05, 4.69) is 14.6 Å². The Labute approximate surface area is 173 Å². The average molecular weight is 412 g/mol. The Morgan fingerprint density at radius 3 is 2.30 bits per heavy atom. The van der Waals surface area contributed by atoms with Crippen molar-refractivity contribution in [2.24, 2.45) is 0 Å². The summed E-state index contributed by atoms with van der Waals surface area (Å²) < 4.78 is 11.0. The van der Waals surface area contributed by atoms with E-state index in [4.69, 9.17) is 4.98 Å². The van der Waals surface area contributed by atoms with Crippen LogP contribution >= 0.6 is 0 Å². The number of fused-ring (bicyclic) bond motifs is 3. The standard InChI is InChI=1S/C21H24N4O5/c1-13-15(9-10-18(26)24(11-19(27)29-3)12-20(28)30-4)14(2)25-21(22-13)16-7-5-6-8-17(16)23-25/h5-8H,9-12H2,1-4H3. The minimum atomic E-state index is -0.606. The van der Waals surface area contributed by atoms with Gasteiger partial charge in [0.2, 0.25) is 5.91 Å². The van der Waals surface area contributed by atoms with Crippen LogP contribution in [0.5, 0.6) is 0 Å². The molecule has 0 aliphatic carbocycles. The molecule has 0 unspecified atom stereocenters. The molecule has 0 saturated heterocycles. The van der Waals surface area contributed by atoms with Crippen LogP contribution in [0.15, 0.2) is 24.3 Å². The summed E-state index contributed by atoms with van der Waals surface area (Å²) in [5, 5.41) is 5.58. The number of hydrogen-bond acceptors (Lipinski definition) is 7. The van der Waals surface area contributed by atoms with E-state index in [0.29, 0.717) is 6.42 Å². The molecule has 9 heteroatoms. The molecule has 0 radical (unpaired) electrons. The minimum absolute atomic E-state index is 0.101. The molecule has 1 amide bonds. The highest BCUT2D eigenvalue weighted by Crippen LogP contribution is 2.23. The first-order valence-corrected chi connectivity index (χ1v) is 9.50. The molecule has 0 N–H and O–H groups in total. The Morgan fingerprint density at radius 2 is 1.67 bits per heavy atom. The van der Waals surface area contributed by atoms with E-state index in [1.807, 2.05) is 38.1 Å². The molecular formula is C21H24N4O5. The van der Waals surface area contributed by atoms with Gasteiger partial charge >= 0.3 is 11.9 Å². The number of carbonyl (C=O) groups is 3. The van der Waals surface area contributed by atoms with Gasteiger partial charge in [0.15, 0.2) is 5.65 Å². The Morgan fingerprint density at radius 1 is 1.03 bits per heavy atom. The summed E-state index contributed by atoms with van der Waals surface area (Å²) in [6, 6.07) is 7.78. The van der Waals surface area contributed by atoms with Crippen molar-refractivity contribution >= 4 is 34.4 Å². The maximum absolute atomic E-state index is 12.7. The first kappa shape index (κ1) is 21.2. The van der Waals surface area contributed by atoms with Crippen molar-refractivity contribution in [2.45, 2.75) is 26.7 Å². The molecule has 0 aliphatic heterocycles. The molecule has 0 fully saturated rings. The van der Waals surface area contributed by atoms with Crippen LogP contribution in [0.4, 0.5) is 0 Å². The van der Waals surface area contributed by atoms with Gasteiger partial charge in [-0.2, -0.15) is 5.10 Å². The van der Waals surface area contributed by atoms with Crippen LogP contribution in [-0.2, 0) is 30.3 Å². The predicted octanol–water partition coefficient (Wildman–Crippen LogP) is 1.61. The molecule has 0 bridgehead atoms. The number of benzene rings is 1. The summed E-state index contributed by atoms with van der Waals surface area (Å²) in [5.74, 6) is -1.56. The smallest absolute Gasteiger partial charge is 0.325 e. The van der Waals surface area contributed by atoms with Crippen molar-refractivity contribution < 1.29 is 23.9 Å². The fraction of sp³-hybridized carbons (Fsp3) is 0.381. The molecule has 158 valence electrons. The number of hydrogen-bond donors (Lipinski definition) is 0. The van der Waals surface area contributed by atoms with Crippen LogP contribution in [0.3, 0.4) is 0 Å². The monoisotopic (exact) mass is 412 g/mol. The zero-order valence-electron chi connectivity index (χ0n) is 17.5. The Bertz CT molecular complexity index is 1100. The summed E-state index contributed by atoms with van der Waals surface area (Å²) in [6.07, 6.45) is 0.498. The first-order valence-electron chi connectivity index (χ1n) is 9.50. The van der Waals surface area contributed by atoms with Crippen LogP contribution in [-0.4, -0.2) is 64.7 Å². The molecule has 3 aromatic rings. The summed E-state index contributed by atoms with van der Waals surface area (Å²) in [4.78, 5) is 41.8. The Kier molecular flexibility index (Phi) is 6.29. The summed E-state index contributed by atoms with van der Waals surface area (Å²) >= 11 is 0. The van der Waals surface area contributed by atoms with Crippen LogP contribution in [0.2, 0.25) is 0 Å². The third kappa shape index (κ3) is 4.24. The molecule has 0 spiro atoms. The Hall–Kier alpha value is -3.49. The van der Waals surface area contributed by atoms with Gasteiger partial charge in [0.25, 0.3) is 0 Å². The van der Waals surface area contributed by atoms with E-state index in [9.17, 15) is 14.4 Å². The highest BCUT2D eigenvalue weighted by atomic mass is 16.5. The molecule has 1 aromatic carbocycles. The number of carbonyl (C=O) groups excluding carboxylic acids is 3. The maximum Gasteiger partial charge on any atom is 0.325 e. The van der Waals surface area contributed by atoms with Crippen molar-refractivity contribution in [3.8, 4) is 0 Å². The van der Waals surface area contributed by atoms with Gasteiger partial charge in [0.05, 0.1) is 19.7 Å². The molecule has 0 aliphatic rings. The quantitative estimate of drug-likeness (QED) is 0.543. The number of esters is 2. The van der Waals surface area contributed by atoms with Crippen molar-refractivity contribution in [3.05, 3.63) is 41.2 Å². The van der Waals surface area contributed by atoms with Crippen molar-refractivity contribution in [1.29, 1.82) is 0 Å². The van der Waals surface area contributed by atoms with E-state index < -0.39 is 11.9 Å². The topological polar surface area (TPSA) is 103 Å². The van der Waals surface area contributed by atoms with Gasteiger partial charge in [0, 0.05) is 23.2 Å². The van der Waals surface area contributed by atoms with Gasteiger partial charge in [-0.25, -0.2) is 9.50 Å². The van der Waals surface area contributed by atoms with Crippen molar-refractivity contribution in [1.82, 2.24) is 19.5 Å². The van der Waals surface area contributed by atoms with E-state index in [1.165, 1.54) is 14.2 Å². The highest BCUT2D eigenvalue weighted by molar-refractivity contribution is 5.92. The molecule has 9 nitrogen and oxygen atoms in total. The van der Waals surface area contributed by atoms with E-state index in [-0.39, 0.29) is 25.4 Å². The normalized spacial score (nSPS) is 10.9. The summed E-state index contributed by atoms with van der Waals surface area (Å²) in [6.45, 7) is 3.21. The number of methoxy groups -OCH3 is 2. The average Bonchev–Trinajstić information content (AvgIpc) is 3.11. The summed E-state index contributed by atoms with van der Waals surface area (Å²) in [7, 11) is 2.45. The van der Waals surface area contributed by atoms with Gasteiger partial charge in [-0.05, 0) is 38.0 Å². The van der Waals surface area contributed by atoms with Gasteiger partial charge in [-0.3, -0.25) is 14.4 Å². The second-order valence-electron chi connectivity index (χ2n) is 6.92. The number of aryl methyl sites for hydroxylation is 2. The molecule has 3 rings (SSSR count). The second kappa shape index (κ2) is 8.89. The zero-order chi connectivity index (χ0) is 21.8. The third-order valence-corrected chi connectivity index (χ3v) is 5.05. The van der Waals surface area contributed by atoms with E-state index >= 15 is 0 Å². The van der Waals surface area contributed by atoms with E-state index in [1.54, 1.807) is 4.52 Å². The number of amides is 1. The lowest BCUT2D eigenvalue weighted by atomic mass is 10.1. The largest absolute Gasteiger partial charge is 0.468 e. The van der Waals surface area contributed by atoms with Gasteiger partial charge in [-0.1, -0.05) is 12.1 Å². The number of aromatic nitrogens is 3. The number of nitrogens with zero attached hydrogens (tertiary/aromatic N) is 4. The number of rotatable bonds is 7. The van der Waals surface area contributed by atoms with Crippen LogP contribution < -0.4 is 0 Å². The molecule has 0 saturated carbocycles. The first-order chi connectivity index (χ1) is 14.3. The molecule has 2 aromatic heterocycles. The maximum atomic E-state index is 12.7. The van der Waals surface area contributed by atoms with Crippen LogP contribution in [0, 0.1) is 13.8 Å². The van der Waals surface area contributed by atoms with Gasteiger partial charge < -0.3 is 14.4 Å². The number of ether oxygens (including phenoxy) is 2. The van der Waals surface area contributed by atoms with E-state index in [0.717, 1.165) is 38.4 Å². The third-order valence-electron chi connectivity index (χ3n) is 5.05. The van der Waals surface area contributed by atoms with Gasteiger partial charge in [-0.15, -0.1) is 0 Å². The SMILES string of the molecule is COC(=O)CN(CC(=O)OC)C(=O)CCc1c(C)nc2c3ccccc3nn2c1C. The summed E-state index contributed by atoms with van der Waals surface area (Å²) in [5.41, 5.74) is 4.23.